The van der Waals surface area contributed by atoms with Gasteiger partial charge in [-0.15, -0.1) is 0 Å². The van der Waals surface area contributed by atoms with Crippen LogP contribution in [0.2, 0.25) is 0 Å². The summed E-state index contributed by atoms with van der Waals surface area (Å²) in [5.41, 5.74) is 8.75. The highest BCUT2D eigenvalue weighted by Gasteiger charge is 2.21. The van der Waals surface area contributed by atoms with Crippen molar-refractivity contribution in [2.75, 3.05) is 31.1 Å². The van der Waals surface area contributed by atoms with E-state index in [0.29, 0.717) is 6.04 Å². The van der Waals surface area contributed by atoms with E-state index in [1.807, 2.05) is 0 Å². The maximum Gasteiger partial charge on any atom is 0.0400 e. The molecule has 0 aromatic heterocycles. The van der Waals surface area contributed by atoms with E-state index in [0.717, 1.165) is 19.5 Å². The van der Waals surface area contributed by atoms with Crippen molar-refractivity contribution in [2.24, 2.45) is 5.73 Å². The average Bonchev–Trinajstić information content (AvgIpc) is 2.46. The summed E-state index contributed by atoms with van der Waals surface area (Å²) in [7, 11) is 0. The Bertz CT molecular complexity index is 408. The molecule has 0 saturated carbocycles. The molecule has 2 N–H and O–H groups in total. The molecule has 0 aliphatic carbocycles. The minimum absolute atomic E-state index is 0.220. The molecule has 1 saturated heterocycles. The second kappa shape index (κ2) is 7.09. The maximum absolute atomic E-state index is 5.98. The maximum atomic E-state index is 5.98. The first-order valence-electron chi connectivity index (χ1n) is 7.94. The fraction of sp³-hybridized carbons (Fsp3) is 0.647. The fourth-order valence-corrected chi connectivity index (χ4v) is 3.00. The molecule has 20 heavy (non-hydrogen) atoms. The lowest BCUT2D eigenvalue weighted by molar-refractivity contribution is 0.192. The lowest BCUT2D eigenvalue weighted by atomic mass is 10.0. The van der Waals surface area contributed by atoms with Gasteiger partial charge in [-0.25, -0.2) is 0 Å². The van der Waals surface area contributed by atoms with Crippen molar-refractivity contribution >= 4 is 5.69 Å². The van der Waals surface area contributed by atoms with Gasteiger partial charge in [-0.3, -0.25) is 4.90 Å². The number of hydrogen-bond donors (Lipinski definition) is 1. The van der Waals surface area contributed by atoms with Gasteiger partial charge in [0.25, 0.3) is 0 Å². The van der Waals surface area contributed by atoms with Gasteiger partial charge in [0.15, 0.2) is 0 Å². The van der Waals surface area contributed by atoms with E-state index in [9.17, 15) is 0 Å². The summed E-state index contributed by atoms with van der Waals surface area (Å²) >= 11 is 0. The zero-order valence-electron chi connectivity index (χ0n) is 13.2. The second-order valence-electron chi connectivity index (χ2n) is 6.09. The van der Waals surface area contributed by atoms with Crippen LogP contribution in [0.15, 0.2) is 24.3 Å². The van der Waals surface area contributed by atoms with E-state index in [-0.39, 0.29) is 6.04 Å². The van der Waals surface area contributed by atoms with E-state index in [2.05, 4.69) is 54.8 Å². The van der Waals surface area contributed by atoms with Crippen molar-refractivity contribution in [3.63, 3.8) is 0 Å². The van der Waals surface area contributed by atoms with Gasteiger partial charge in [-0.05, 0) is 38.3 Å². The summed E-state index contributed by atoms with van der Waals surface area (Å²) in [5.74, 6) is 0. The number of nitrogens with zero attached hydrogens (tertiary/aromatic N) is 2. The van der Waals surface area contributed by atoms with E-state index in [1.54, 1.807) is 0 Å². The number of anilines is 1. The molecule has 112 valence electrons. The van der Waals surface area contributed by atoms with Crippen LogP contribution in [0.3, 0.4) is 0 Å². The number of hydrogen-bond acceptors (Lipinski definition) is 3. The predicted molar refractivity (Wildman–Crippen MR) is 87.3 cm³/mol. The molecule has 0 amide bonds. The lowest BCUT2D eigenvalue weighted by Crippen LogP contribution is -2.49. The summed E-state index contributed by atoms with van der Waals surface area (Å²) < 4.78 is 0. The number of nitrogens with two attached hydrogens (primary N) is 1. The Labute approximate surface area is 123 Å². The quantitative estimate of drug-likeness (QED) is 0.896. The van der Waals surface area contributed by atoms with Crippen molar-refractivity contribution < 1.29 is 0 Å². The zero-order chi connectivity index (χ0) is 14.5. The van der Waals surface area contributed by atoms with Crippen molar-refractivity contribution in [3.05, 3.63) is 29.8 Å². The van der Waals surface area contributed by atoms with Crippen LogP contribution in [0, 0.1) is 0 Å². The van der Waals surface area contributed by atoms with Crippen molar-refractivity contribution in [3.8, 4) is 0 Å². The largest absolute Gasteiger partial charge is 0.369 e. The predicted octanol–water partition coefficient (Wildman–Crippen LogP) is 2.50. The van der Waals surface area contributed by atoms with Gasteiger partial charge < -0.3 is 10.6 Å². The molecule has 2 rings (SSSR count). The Morgan fingerprint density at radius 3 is 2.35 bits per heavy atom. The Hall–Kier alpha value is -1.06. The Morgan fingerprint density at radius 1 is 1.10 bits per heavy atom. The SMILES string of the molecule is CCC(C)N1CCN(c2ccccc2CC(C)N)CC1. The van der Waals surface area contributed by atoms with Crippen LogP contribution in [-0.2, 0) is 6.42 Å². The molecule has 1 aliphatic rings. The van der Waals surface area contributed by atoms with Crippen molar-refractivity contribution in [2.45, 2.75) is 45.7 Å². The molecule has 0 radical (unpaired) electrons. The molecule has 2 atom stereocenters. The van der Waals surface area contributed by atoms with Crippen LogP contribution in [0.4, 0.5) is 5.69 Å². The third-order valence-corrected chi connectivity index (χ3v) is 4.40. The first-order valence-corrected chi connectivity index (χ1v) is 7.94. The summed E-state index contributed by atoms with van der Waals surface area (Å²) in [4.78, 5) is 5.13. The van der Waals surface area contributed by atoms with Crippen molar-refractivity contribution in [1.82, 2.24) is 4.90 Å². The van der Waals surface area contributed by atoms with E-state index in [4.69, 9.17) is 5.73 Å². The standard InChI is InChI=1S/C17H29N3/c1-4-15(3)19-9-11-20(12-10-19)17-8-6-5-7-16(17)13-14(2)18/h5-8,14-15H,4,9-13,18H2,1-3H3. The summed E-state index contributed by atoms with van der Waals surface area (Å²) in [6, 6.07) is 9.66. The van der Waals surface area contributed by atoms with Crippen LogP contribution in [-0.4, -0.2) is 43.2 Å². The highest BCUT2D eigenvalue weighted by molar-refractivity contribution is 5.54. The Morgan fingerprint density at radius 2 is 1.75 bits per heavy atom. The number of benzene rings is 1. The summed E-state index contributed by atoms with van der Waals surface area (Å²) in [6.07, 6.45) is 2.20. The van der Waals surface area contributed by atoms with Gasteiger partial charge in [0.2, 0.25) is 0 Å². The molecule has 3 heteroatoms. The summed E-state index contributed by atoms with van der Waals surface area (Å²) in [6.45, 7) is 11.3. The summed E-state index contributed by atoms with van der Waals surface area (Å²) in [5, 5.41) is 0. The molecule has 3 nitrogen and oxygen atoms in total. The normalized spacial score (nSPS) is 19.9. The van der Waals surface area contributed by atoms with Crippen LogP contribution in [0.1, 0.15) is 32.8 Å². The van der Waals surface area contributed by atoms with Gasteiger partial charge in [-0.2, -0.15) is 0 Å². The average molecular weight is 275 g/mol. The molecule has 0 bridgehead atoms. The van der Waals surface area contributed by atoms with E-state index >= 15 is 0 Å². The molecule has 1 aromatic rings. The third kappa shape index (κ3) is 3.74. The van der Waals surface area contributed by atoms with E-state index in [1.165, 1.54) is 30.8 Å². The number of rotatable bonds is 5. The Balaban J connectivity index is 2.03. The molecular weight excluding hydrogens is 246 g/mol. The van der Waals surface area contributed by atoms with Crippen LogP contribution >= 0.6 is 0 Å². The van der Waals surface area contributed by atoms with Crippen LogP contribution < -0.4 is 10.6 Å². The van der Waals surface area contributed by atoms with Gasteiger partial charge in [0.05, 0.1) is 0 Å². The number of para-hydroxylation sites is 1. The molecule has 1 aliphatic heterocycles. The second-order valence-corrected chi connectivity index (χ2v) is 6.09. The lowest BCUT2D eigenvalue weighted by Gasteiger charge is -2.39. The molecule has 1 heterocycles. The Kier molecular flexibility index (Phi) is 5.44. The van der Waals surface area contributed by atoms with Gasteiger partial charge in [0.1, 0.15) is 0 Å². The number of piperazine rings is 1. The highest BCUT2D eigenvalue weighted by atomic mass is 15.3. The van der Waals surface area contributed by atoms with Crippen LogP contribution in [0.5, 0.6) is 0 Å². The fourth-order valence-electron chi connectivity index (χ4n) is 3.00. The third-order valence-electron chi connectivity index (χ3n) is 4.40. The molecule has 1 fully saturated rings. The van der Waals surface area contributed by atoms with Crippen LogP contribution in [0.25, 0.3) is 0 Å². The van der Waals surface area contributed by atoms with E-state index < -0.39 is 0 Å². The topological polar surface area (TPSA) is 32.5 Å². The zero-order valence-corrected chi connectivity index (χ0v) is 13.2. The molecular formula is C17H29N3. The first-order chi connectivity index (χ1) is 9.61. The first kappa shape index (κ1) is 15.3. The molecule has 1 aromatic carbocycles. The molecule has 2 unspecified atom stereocenters. The van der Waals surface area contributed by atoms with Gasteiger partial charge in [-0.1, -0.05) is 25.1 Å². The minimum Gasteiger partial charge on any atom is -0.369 e. The minimum atomic E-state index is 0.220. The highest BCUT2D eigenvalue weighted by Crippen LogP contribution is 2.23. The van der Waals surface area contributed by atoms with Crippen molar-refractivity contribution in [1.29, 1.82) is 0 Å². The molecule has 0 spiro atoms. The van der Waals surface area contributed by atoms with Gasteiger partial charge >= 0.3 is 0 Å². The van der Waals surface area contributed by atoms with Gasteiger partial charge in [0, 0.05) is 44.0 Å². The monoisotopic (exact) mass is 275 g/mol. The smallest absolute Gasteiger partial charge is 0.0400 e.